The zero-order chi connectivity index (χ0) is 14.1. The number of thiophene rings is 1. The molecular weight excluding hydrogens is 278 g/mol. The largest absolute Gasteiger partial charge is 0.380 e. The summed E-state index contributed by atoms with van der Waals surface area (Å²) in [5, 5.41) is 10.4. The molecule has 21 heavy (non-hydrogen) atoms. The van der Waals surface area contributed by atoms with Crippen LogP contribution in [-0.4, -0.2) is 29.0 Å². The van der Waals surface area contributed by atoms with Crippen LogP contribution in [0.2, 0.25) is 0 Å². The number of rotatable bonds is 4. The highest BCUT2D eigenvalue weighted by atomic mass is 32.1. The van der Waals surface area contributed by atoms with Crippen molar-refractivity contribution in [2.75, 3.05) is 18.4 Å². The van der Waals surface area contributed by atoms with Crippen molar-refractivity contribution >= 4 is 27.8 Å². The molecule has 1 N–H and O–H groups in total. The number of fused-ring (bicyclic) bond motifs is 1. The van der Waals surface area contributed by atoms with Crippen LogP contribution < -0.4 is 5.32 Å². The van der Waals surface area contributed by atoms with E-state index in [1.807, 2.05) is 12.4 Å². The van der Waals surface area contributed by atoms with Crippen molar-refractivity contribution in [3.8, 4) is 0 Å². The predicted molar refractivity (Wildman–Crippen MR) is 88.7 cm³/mol. The minimum Gasteiger partial charge on any atom is -0.380 e. The van der Waals surface area contributed by atoms with Crippen LogP contribution in [0.15, 0.2) is 53.5 Å². The van der Waals surface area contributed by atoms with Crippen LogP contribution >= 0.6 is 11.3 Å². The van der Waals surface area contributed by atoms with Crippen LogP contribution in [0, 0.1) is 0 Å². The Morgan fingerprint density at radius 3 is 3.00 bits per heavy atom. The number of aromatic nitrogens is 1. The van der Waals surface area contributed by atoms with Crippen LogP contribution in [0.5, 0.6) is 0 Å². The summed E-state index contributed by atoms with van der Waals surface area (Å²) >= 11 is 1.77. The molecule has 0 atom stereocenters. The average Bonchev–Trinajstić information content (AvgIpc) is 2.98. The lowest BCUT2D eigenvalue weighted by Crippen LogP contribution is -2.53. The first-order chi connectivity index (χ1) is 10.4. The number of hydrogen-bond donors (Lipinski definition) is 1. The van der Waals surface area contributed by atoms with Crippen LogP contribution in [-0.2, 0) is 6.54 Å². The van der Waals surface area contributed by atoms with Crippen LogP contribution in [0.3, 0.4) is 0 Å². The molecule has 2 aromatic heterocycles. The van der Waals surface area contributed by atoms with Gasteiger partial charge in [-0.15, -0.1) is 0 Å². The van der Waals surface area contributed by atoms with Crippen molar-refractivity contribution in [2.24, 2.45) is 0 Å². The molecule has 4 rings (SSSR count). The molecule has 0 spiro atoms. The zero-order valence-electron chi connectivity index (χ0n) is 11.7. The Balaban J connectivity index is 1.36. The molecule has 1 aliphatic rings. The van der Waals surface area contributed by atoms with Crippen molar-refractivity contribution in [1.29, 1.82) is 0 Å². The Hall–Kier alpha value is -1.91. The van der Waals surface area contributed by atoms with Gasteiger partial charge in [-0.25, -0.2) is 0 Å². The van der Waals surface area contributed by atoms with E-state index in [9.17, 15) is 0 Å². The summed E-state index contributed by atoms with van der Waals surface area (Å²) in [5.41, 5.74) is 2.63. The molecule has 1 aromatic carbocycles. The second kappa shape index (κ2) is 5.47. The second-order valence-corrected chi connectivity index (χ2v) is 6.38. The van der Waals surface area contributed by atoms with Gasteiger partial charge in [0.25, 0.3) is 0 Å². The Morgan fingerprint density at radius 2 is 2.14 bits per heavy atom. The molecule has 1 fully saturated rings. The lowest BCUT2D eigenvalue weighted by atomic mass is 10.1. The summed E-state index contributed by atoms with van der Waals surface area (Å²) < 4.78 is 0. The highest BCUT2D eigenvalue weighted by molar-refractivity contribution is 7.07. The fourth-order valence-electron chi connectivity index (χ4n) is 2.84. The summed E-state index contributed by atoms with van der Waals surface area (Å²) in [6.07, 6.45) is 3.75. The van der Waals surface area contributed by atoms with E-state index in [1.165, 1.54) is 22.0 Å². The van der Waals surface area contributed by atoms with Crippen molar-refractivity contribution < 1.29 is 0 Å². The van der Waals surface area contributed by atoms with Crippen molar-refractivity contribution in [2.45, 2.75) is 12.6 Å². The molecule has 0 aliphatic carbocycles. The zero-order valence-corrected chi connectivity index (χ0v) is 12.5. The molecule has 0 amide bonds. The fourth-order valence-corrected chi connectivity index (χ4v) is 3.50. The monoisotopic (exact) mass is 295 g/mol. The van der Waals surface area contributed by atoms with Gasteiger partial charge in [-0.1, -0.05) is 6.07 Å². The number of nitrogens with zero attached hydrogens (tertiary/aromatic N) is 2. The molecule has 1 saturated heterocycles. The van der Waals surface area contributed by atoms with Gasteiger partial charge in [0.2, 0.25) is 0 Å². The number of pyridine rings is 1. The van der Waals surface area contributed by atoms with Gasteiger partial charge < -0.3 is 5.32 Å². The van der Waals surface area contributed by atoms with Gasteiger partial charge in [-0.05, 0) is 46.0 Å². The van der Waals surface area contributed by atoms with E-state index in [0.717, 1.165) is 19.6 Å². The minimum atomic E-state index is 0.558. The maximum atomic E-state index is 4.15. The van der Waals surface area contributed by atoms with E-state index in [0.29, 0.717) is 6.04 Å². The number of anilines is 1. The third-order valence-corrected chi connectivity index (χ3v) is 4.69. The molecule has 1 aliphatic heterocycles. The molecule has 3 aromatic rings. The molecule has 3 heterocycles. The standard InChI is InChI=1S/C17H17N3S/c1-2-16(7-14-3-5-18-8-15(1)14)19-17-10-20(11-17)9-13-4-6-21-12-13/h1-8,12,17,19H,9-11H2. The summed E-state index contributed by atoms with van der Waals surface area (Å²) in [5.74, 6) is 0. The van der Waals surface area contributed by atoms with Gasteiger partial charge in [0.15, 0.2) is 0 Å². The first-order valence-electron chi connectivity index (χ1n) is 7.20. The van der Waals surface area contributed by atoms with Gasteiger partial charge in [0.05, 0.1) is 6.04 Å². The average molecular weight is 295 g/mol. The van der Waals surface area contributed by atoms with E-state index >= 15 is 0 Å². The molecule has 0 saturated carbocycles. The van der Waals surface area contributed by atoms with Gasteiger partial charge in [0.1, 0.15) is 0 Å². The SMILES string of the molecule is c1cc2cc(NC3CN(Cc4ccsc4)C3)ccc2cn1. The molecule has 0 bridgehead atoms. The number of hydrogen-bond acceptors (Lipinski definition) is 4. The van der Waals surface area contributed by atoms with Crippen LogP contribution in [0.4, 0.5) is 5.69 Å². The van der Waals surface area contributed by atoms with E-state index in [1.54, 1.807) is 11.3 Å². The van der Waals surface area contributed by atoms with Gasteiger partial charge in [-0.2, -0.15) is 11.3 Å². The lowest BCUT2D eigenvalue weighted by Gasteiger charge is -2.40. The first kappa shape index (κ1) is 12.8. The molecule has 0 radical (unpaired) electrons. The van der Waals surface area contributed by atoms with Crippen molar-refractivity contribution in [3.63, 3.8) is 0 Å². The summed E-state index contributed by atoms with van der Waals surface area (Å²) in [4.78, 5) is 6.63. The third kappa shape index (κ3) is 2.77. The Morgan fingerprint density at radius 1 is 1.19 bits per heavy atom. The van der Waals surface area contributed by atoms with Gasteiger partial charge in [0, 0.05) is 43.1 Å². The van der Waals surface area contributed by atoms with Gasteiger partial charge >= 0.3 is 0 Å². The number of nitrogens with one attached hydrogen (secondary N) is 1. The Kier molecular flexibility index (Phi) is 3.33. The Labute approximate surface area is 128 Å². The van der Waals surface area contributed by atoms with Crippen LogP contribution in [0.25, 0.3) is 10.8 Å². The summed E-state index contributed by atoms with van der Waals surface area (Å²) in [7, 11) is 0. The van der Waals surface area contributed by atoms with Gasteiger partial charge in [-0.3, -0.25) is 9.88 Å². The van der Waals surface area contributed by atoms with E-state index in [2.05, 4.69) is 56.3 Å². The topological polar surface area (TPSA) is 28.2 Å². The van der Waals surface area contributed by atoms with Crippen LogP contribution in [0.1, 0.15) is 5.56 Å². The highest BCUT2D eigenvalue weighted by Crippen LogP contribution is 2.22. The third-order valence-electron chi connectivity index (χ3n) is 3.95. The molecule has 106 valence electrons. The highest BCUT2D eigenvalue weighted by Gasteiger charge is 2.26. The lowest BCUT2D eigenvalue weighted by molar-refractivity contribution is 0.153. The number of benzene rings is 1. The normalized spacial score (nSPS) is 16.0. The van der Waals surface area contributed by atoms with Crippen molar-refractivity contribution in [3.05, 3.63) is 59.0 Å². The Bertz CT molecular complexity index is 733. The second-order valence-electron chi connectivity index (χ2n) is 5.60. The summed E-state index contributed by atoms with van der Waals surface area (Å²) in [6, 6.07) is 11.3. The number of likely N-dealkylation sites (tertiary alicyclic amines) is 1. The molecule has 4 heteroatoms. The minimum absolute atomic E-state index is 0.558. The molecule has 3 nitrogen and oxygen atoms in total. The van der Waals surface area contributed by atoms with E-state index < -0.39 is 0 Å². The quantitative estimate of drug-likeness (QED) is 0.797. The molecular formula is C17H17N3S. The molecule has 0 unspecified atom stereocenters. The maximum absolute atomic E-state index is 4.15. The summed E-state index contributed by atoms with van der Waals surface area (Å²) in [6.45, 7) is 3.31. The smallest absolute Gasteiger partial charge is 0.0515 e. The fraction of sp³-hybridized carbons (Fsp3) is 0.235. The first-order valence-corrected chi connectivity index (χ1v) is 8.15. The maximum Gasteiger partial charge on any atom is 0.0515 e. The van der Waals surface area contributed by atoms with Crippen molar-refractivity contribution in [1.82, 2.24) is 9.88 Å². The van der Waals surface area contributed by atoms with E-state index in [4.69, 9.17) is 0 Å². The van der Waals surface area contributed by atoms with E-state index in [-0.39, 0.29) is 0 Å². The predicted octanol–water partition coefficient (Wildman–Crippen LogP) is 3.59.